The van der Waals surface area contributed by atoms with E-state index in [0.29, 0.717) is 41.3 Å². The number of nitrogens with zero attached hydrogens (tertiary/aromatic N) is 3. The number of ether oxygens (including phenoxy) is 2. The van der Waals surface area contributed by atoms with Gasteiger partial charge in [-0.25, -0.2) is 4.98 Å². The first-order valence-electron chi connectivity index (χ1n) is 9.24. The Balaban J connectivity index is 2.10. The van der Waals surface area contributed by atoms with Crippen molar-refractivity contribution in [1.29, 1.82) is 0 Å². The second kappa shape index (κ2) is 9.54. The van der Waals surface area contributed by atoms with Gasteiger partial charge in [0.2, 0.25) is 0 Å². The first kappa shape index (κ1) is 21.5. The summed E-state index contributed by atoms with van der Waals surface area (Å²) in [6.07, 6.45) is 3.12. The Hall–Kier alpha value is -2.19. The second-order valence-corrected chi connectivity index (χ2v) is 8.04. The standard InChI is InChI=1S/C21H21Br2N3O3/c1-4-6-19-25-17-8-7-14(22)11-15(17)21(27)26(19)24-12-13-9-16(23)20(29-5-2)18(10-13)28-3/h7-12H,4-6H2,1-3H3. The molecule has 2 aromatic carbocycles. The molecular weight excluding hydrogens is 502 g/mol. The molecule has 0 saturated heterocycles. The summed E-state index contributed by atoms with van der Waals surface area (Å²) in [5.74, 6) is 1.85. The van der Waals surface area contributed by atoms with Gasteiger partial charge >= 0.3 is 0 Å². The molecule has 0 unspecified atom stereocenters. The number of fused-ring (bicyclic) bond motifs is 1. The third-order valence-corrected chi connectivity index (χ3v) is 5.29. The van der Waals surface area contributed by atoms with E-state index in [9.17, 15) is 4.79 Å². The van der Waals surface area contributed by atoms with E-state index in [2.05, 4.69) is 41.9 Å². The van der Waals surface area contributed by atoms with Crippen LogP contribution < -0.4 is 15.0 Å². The van der Waals surface area contributed by atoms with E-state index < -0.39 is 0 Å². The predicted octanol–water partition coefficient (Wildman–Crippen LogP) is 5.16. The van der Waals surface area contributed by atoms with Gasteiger partial charge in [0, 0.05) is 10.9 Å². The lowest BCUT2D eigenvalue weighted by molar-refractivity contribution is 0.309. The Morgan fingerprint density at radius 3 is 2.69 bits per heavy atom. The number of hydrogen-bond acceptors (Lipinski definition) is 5. The summed E-state index contributed by atoms with van der Waals surface area (Å²) in [6.45, 7) is 4.48. The van der Waals surface area contributed by atoms with Crippen molar-refractivity contribution in [3.8, 4) is 11.5 Å². The number of hydrogen-bond donors (Lipinski definition) is 0. The van der Waals surface area contributed by atoms with Crippen LogP contribution in [0.2, 0.25) is 0 Å². The van der Waals surface area contributed by atoms with Crippen molar-refractivity contribution in [3.63, 3.8) is 0 Å². The molecule has 0 bridgehead atoms. The molecule has 0 amide bonds. The van der Waals surface area contributed by atoms with Gasteiger partial charge in [0.15, 0.2) is 11.5 Å². The smallest absolute Gasteiger partial charge is 0.282 e. The number of halogens is 2. The van der Waals surface area contributed by atoms with Gasteiger partial charge in [-0.1, -0.05) is 22.9 Å². The Kier molecular flexibility index (Phi) is 7.08. The highest BCUT2D eigenvalue weighted by Crippen LogP contribution is 2.36. The van der Waals surface area contributed by atoms with Crippen molar-refractivity contribution in [3.05, 3.63) is 61.0 Å². The van der Waals surface area contributed by atoms with E-state index in [1.165, 1.54) is 4.68 Å². The van der Waals surface area contributed by atoms with Crippen molar-refractivity contribution in [2.45, 2.75) is 26.7 Å². The minimum atomic E-state index is -0.201. The summed E-state index contributed by atoms with van der Waals surface area (Å²) in [4.78, 5) is 17.7. The van der Waals surface area contributed by atoms with Gasteiger partial charge in [-0.3, -0.25) is 4.79 Å². The number of benzene rings is 2. The van der Waals surface area contributed by atoms with Gasteiger partial charge in [0.05, 0.1) is 35.3 Å². The maximum Gasteiger partial charge on any atom is 0.282 e. The summed E-state index contributed by atoms with van der Waals surface area (Å²) >= 11 is 6.92. The fourth-order valence-corrected chi connectivity index (χ4v) is 3.86. The zero-order chi connectivity index (χ0) is 21.0. The summed E-state index contributed by atoms with van der Waals surface area (Å²) in [5, 5.41) is 4.97. The highest BCUT2D eigenvalue weighted by atomic mass is 79.9. The van der Waals surface area contributed by atoms with E-state index >= 15 is 0 Å². The highest BCUT2D eigenvalue weighted by Gasteiger charge is 2.12. The van der Waals surface area contributed by atoms with Gasteiger partial charge in [0.25, 0.3) is 5.56 Å². The summed E-state index contributed by atoms with van der Waals surface area (Å²) in [5.41, 5.74) is 1.23. The number of methoxy groups -OCH3 is 1. The molecule has 6 nitrogen and oxygen atoms in total. The van der Waals surface area contributed by atoms with Crippen LogP contribution in [0.5, 0.6) is 11.5 Å². The van der Waals surface area contributed by atoms with E-state index in [0.717, 1.165) is 20.9 Å². The van der Waals surface area contributed by atoms with Crippen molar-refractivity contribution < 1.29 is 9.47 Å². The third-order valence-electron chi connectivity index (χ3n) is 4.21. The average Bonchev–Trinajstić information content (AvgIpc) is 2.70. The number of rotatable bonds is 7. The molecule has 0 radical (unpaired) electrons. The first-order chi connectivity index (χ1) is 14.0. The van der Waals surface area contributed by atoms with Crippen molar-refractivity contribution in [1.82, 2.24) is 9.66 Å². The number of aromatic nitrogens is 2. The van der Waals surface area contributed by atoms with Crippen LogP contribution >= 0.6 is 31.9 Å². The quantitative estimate of drug-likeness (QED) is 0.402. The minimum Gasteiger partial charge on any atom is -0.493 e. The highest BCUT2D eigenvalue weighted by molar-refractivity contribution is 9.10. The van der Waals surface area contributed by atoms with Crippen LogP contribution in [-0.2, 0) is 6.42 Å². The molecule has 3 rings (SSSR count). The van der Waals surface area contributed by atoms with Crippen LogP contribution in [-0.4, -0.2) is 29.6 Å². The van der Waals surface area contributed by atoms with Crippen molar-refractivity contribution in [2.24, 2.45) is 5.10 Å². The summed E-state index contributed by atoms with van der Waals surface area (Å²) < 4.78 is 14.0. The van der Waals surface area contributed by atoms with Crippen molar-refractivity contribution >= 4 is 49.0 Å². The van der Waals surface area contributed by atoms with Crippen LogP contribution in [0.3, 0.4) is 0 Å². The molecule has 0 saturated carbocycles. The van der Waals surface area contributed by atoms with Gasteiger partial charge in [-0.15, -0.1) is 0 Å². The maximum absolute atomic E-state index is 13.1. The molecule has 29 heavy (non-hydrogen) atoms. The zero-order valence-electron chi connectivity index (χ0n) is 16.4. The average molecular weight is 523 g/mol. The molecule has 0 atom stereocenters. The summed E-state index contributed by atoms with van der Waals surface area (Å²) in [6, 6.07) is 9.16. The maximum atomic E-state index is 13.1. The van der Waals surface area contributed by atoms with Gasteiger partial charge in [0.1, 0.15) is 5.82 Å². The Morgan fingerprint density at radius 2 is 2.00 bits per heavy atom. The molecule has 0 aliphatic carbocycles. The molecule has 152 valence electrons. The molecule has 0 N–H and O–H groups in total. The van der Waals surface area contributed by atoms with Crippen LogP contribution in [0.15, 0.2) is 49.2 Å². The zero-order valence-corrected chi connectivity index (χ0v) is 19.6. The minimum absolute atomic E-state index is 0.201. The topological polar surface area (TPSA) is 65.7 Å². The SMILES string of the molecule is CCCc1nc2ccc(Br)cc2c(=O)n1N=Cc1cc(Br)c(OCC)c(OC)c1. The van der Waals surface area contributed by atoms with E-state index in [1.54, 1.807) is 19.4 Å². The Bertz CT molecular complexity index is 1130. The summed E-state index contributed by atoms with van der Waals surface area (Å²) in [7, 11) is 1.58. The molecule has 1 aromatic heterocycles. The fraction of sp³-hybridized carbons (Fsp3) is 0.286. The normalized spacial score (nSPS) is 11.3. The lowest BCUT2D eigenvalue weighted by Gasteiger charge is -2.12. The van der Waals surface area contributed by atoms with Crippen molar-refractivity contribution in [2.75, 3.05) is 13.7 Å². The molecular formula is C21H21Br2N3O3. The van der Waals surface area contributed by atoms with Gasteiger partial charge in [-0.2, -0.15) is 9.78 Å². The first-order valence-corrected chi connectivity index (χ1v) is 10.8. The second-order valence-electron chi connectivity index (χ2n) is 6.27. The van der Waals surface area contributed by atoms with Gasteiger partial charge < -0.3 is 9.47 Å². The molecule has 8 heteroatoms. The van der Waals surface area contributed by atoms with Crippen LogP contribution in [0.25, 0.3) is 10.9 Å². The molecule has 0 aliphatic heterocycles. The number of aryl methyl sites for hydroxylation is 1. The Labute approximate surface area is 185 Å². The monoisotopic (exact) mass is 521 g/mol. The van der Waals surface area contributed by atoms with Gasteiger partial charge in [-0.05, 0) is 65.2 Å². The van der Waals surface area contributed by atoms with Crippen LogP contribution in [0.1, 0.15) is 31.7 Å². The lowest BCUT2D eigenvalue weighted by atomic mass is 10.2. The Morgan fingerprint density at radius 1 is 1.21 bits per heavy atom. The van der Waals surface area contributed by atoms with Crippen LogP contribution in [0, 0.1) is 0 Å². The molecule has 0 spiro atoms. The predicted molar refractivity (Wildman–Crippen MR) is 123 cm³/mol. The van der Waals surface area contributed by atoms with Crippen LogP contribution in [0.4, 0.5) is 0 Å². The third kappa shape index (κ3) is 4.70. The molecule has 0 fully saturated rings. The lowest BCUT2D eigenvalue weighted by Crippen LogP contribution is -2.22. The van der Waals surface area contributed by atoms with E-state index in [-0.39, 0.29) is 5.56 Å². The molecule has 0 aliphatic rings. The molecule has 1 heterocycles. The largest absolute Gasteiger partial charge is 0.493 e. The van der Waals surface area contributed by atoms with E-state index in [1.807, 2.05) is 38.1 Å². The molecule has 3 aromatic rings. The van der Waals surface area contributed by atoms with E-state index in [4.69, 9.17) is 9.47 Å². The fourth-order valence-electron chi connectivity index (χ4n) is 2.92.